The van der Waals surface area contributed by atoms with E-state index in [1.807, 2.05) is 12.1 Å². The van der Waals surface area contributed by atoms with Gasteiger partial charge < -0.3 is 10.2 Å². The summed E-state index contributed by atoms with van der Waals surface area (Å²) in [5.41, 5.74) is 3.81. The summed E-state index contributed by atoms with van der Waals surface area (Å²) in [6.07, 6.45) is 2.90. The first kappa shape index (κ1) is 12.3. The summed E-state index contributed by atoms with van der Waals surface area (Å²) in [5.74, 6) is 6.07. The minimum absolute atomic E-state index is 0.520. The number of ether oxygens (including phenoxy) is 1. The molecule has 2 heterocycles. The Morgan fingerprint density at radius 1 is 1.65 bits per heavy atom. The molecule has 94 valence electrons. The van der Waals surface area contributed by atoms with Crippen molar-refractivity contribution in [2.75, 3.05) is 25.2 Å². The average Bonchev–Trinajstić information content (AvgIpc) is 2.39. The largest absolute Gasteiger partial charge is 0.378 e. The highest BCUT2D eigenvalue weighted by molar-refractivity contribution is 5.35. The van der Waals surface area contributed by atoms with Gasteiger partial charge in [0.1, 0.15) is 5.82 Å². The molecule has 0 amide bonds. The molecule has 3 N–H and O–H groups in total. The van der Waals surface area contributed by atoms with Crippen LogP contribution in [0.15, 0.2) is 18.3 Å². The number of anilines is 1. The second-order valence-corrected chi connectivity index (χ2v) is 4.30. The van der Waals surface area contributed by atoms with Crippen LogP contribution in [0, 0.1) is 0 Å². The van der Waals surface area contributed by atoms with Crippen molar-refractivity contribution in [3.8, 4) is 0 Å². The number of morpholine rings is 1. The van der Waals surface area contributed by atoms with Gasteiger partial charge in [0.25, 0.3) is 0 Å². The van der Waals surface area contributed by atoms with Crippen molar-refractivity contribution in [2.24, 2.45) is 5.84 Å². The topological polar surface area (TPSA) is 63.4 Å². The van der Waals surface area contributed by atoms with Gasteiger partial charge in [-0.25, -0.2) is 10.8 Å². The lowest BCUT2D eigenvalue weighted by Gasteiger charge is -2.35. The van der Waals surface area contributed by atoms with E-state index in [1.54, 1.807) is 6.20 Å². The van der Waals surface area contributed by atoms with Crippen LogP contribution >= 0.6 is 0 Å². The van der Waals surface area contributed by atoms with E-state index in [0.717, 1.165) is 32.7 Å². The first-order valence-corrected chi connectivity index (χ1v) is 6.07. The van der Waals surface area contributed by atoms with Crippen LogP contribution in [0.25, 0.3) is 0 Å². The summed E-state index contributed by atoms with van der Waals surface area (Å²) in [5, 5.41) is 0. The van der Waals surface area contributed by atoms with E-state index in [4.69, 9.17) is 10.6 Å². The quantitative estimate of drug-likeness (QED) is 0.602. The van der Waals surface area contributed by atoms with Crippen LogP contribution in [0.1, 0.15) is 18.9 Å². The Kier molecular flexibility index (Phi) is 4.30. The molecule has 1 aliphatic heterocycles. The predicted octanol–water partition coefficient (Wildman–Crippen LogP) is 0.978. The molecule has 2 rings (SSSR count). The second-order valence-electron chi connectivity index (χ2n) is 4.30. The number of rotatable bonds is 4. The zero-order valence-electron chi connectivity index (χ0n) is 10.2. The predicted molar refractivity (Wildman–Crippen MR) is 67.4 cm³/mol. The van der Waals surface area contributed by atoms with Crippen molar-refractivity contribution in [1.29, 1.82) is 0 Å². The molecule has 17 heavy (non-hydrogen) atoms. The number of aromatic nitrogens is 1. The van der Waals surface area contributed by atoms with Gasteiger partial charge in [0.05, 0.1) is 13.2 Å². The first-order valence-electron chi connectivity index (χ1n) is 6.07. The first-order chi connectivity index (χ1) is 8.33. The summed E-state index contributed by atoms with van der Waals surface area (Å²) < 4.78 is 5.50. The van der Waals surface area contributed by atoms with Gasteiger partial charge in [0.2, 0.25) is 0 Å². The molecule has 1 unspecified atom stereocenters. The highest BCUT2D eigenvalue weighted by Crippen LogP contribution is 2.15. The van der Waals surface area contributed by atoms with E-state index < -0.39 is 0 Å². The summed E-state index contributed by atoms with van der Waals surface area (Å²) in [4.78, 5) is 6.57. The maximum atomic E-state index is 5.50. The minimum atomic E-state index is 0.520. The van der Waals surface area contributed by atoms with Crippen LogP contribution in [0.3, 0.4) is 0 Å². The van der Waals surface area contributed by atoms with Crippen molar-refractivity contribution in [3.05, 3.63) is 23.9 Å². The van der Waals surface area contributed by atoms with Crippen molar-refractivity contribution >= 4 is 5.82 Å². The number of pyridine rings is 1. The molecule has 5 nitrogen and oxygen atoms in total. The Hall–Kier alpha value is -1.17. The van der Waals surface area contributed by atoms with E-state index >= 15 is 0 Å². The van der Waals surface area contributed by atoms with Gasteiger partial charge >= 0.3 is 0 Å². The molecule has 0 saturated carbocycles. The van der Waals surface area contributed by atoms with Crippen molar-refractivity contribution in [2.45, 2.75) is 25.9 Å². The molecule has 5 heteroatoms. The molecule has 0 aromatic carbocycles. The fourth-order valence-electron chi connectivity index (χ4n) is 2.16. The summed E-state index contributed by atoms with van der Waals surface area (Å²) in [6, 6.07) is 4.54. The van der Waals surface area contributed by atoms with Crippen LogP contribution in [0.5, 0.6) is 0 Å². The number of hydrazine groups is 1. The number of nitrogens with two attached hydrogens (primary N) is 1. The maximum Gasteiger partial charge on any atom is 0.140 e. The molecule has 1 fully saturated rings. The third-order valence-corrected chi connectivity index (χ3v) is 3.18. The summed E-state index contributed by atoms with van der Waals surface area (Å²) >= 11 is 0. The van der Waals surface area contributed by atoms with Crippen LogP contribution in [0.2, 0.25) is 0 Å². The molecule has 0 aliphatic carbocycles. The molecular formula is C12H20N4O. The fourth-order valence-corrected chi connectivity index (χ4v) is 2.16. The summed E-state index contributed by atoms with van der Waals surface area (Å²) in [7, 11) is 0. The van der Waals surface area contributed by atoms with E-state index in [2.05, 4.69) is 22.2 Å². The van der Waals surface area contributed by atoms with E-state index in [-0.39, 0.29) is 0 Å². The Morgan fingerprint density at radius 2 is 2.53 bits per heavy atom. The van der Waals surface area contributed by atoms with Crippen LogP contribution < -0.4 is 11.3 Å². The number of nitrogens with zero attached hydrogens (tertiary/aromatic N) is 2. The molecule has 0 radical (unpaired) electrons. The number of hydrogen-bond donors (Lipinski definition) is 2. The Labute approximate surface area is 102 Å². The van der Waals surface area contributed by atoms with Crippen LogP contribution in [0.4, 0.5) is 5.82 Å². The van der Waals surface area contributed by atoms with Gasteiger partial charge in [-0.2, -0.15) is 0 Å². The minimum Gasteiger partial charge on any atom is -0.378 e. The van der Waals surface area contributed by atoms with E-state index in [0.29, 0.717) is 11.9 Å². The Bertz CT molecular complexity index is 358. The molecule has 0 spiro atoms. The fraction of sp³-hybridized carbons (Fsp3) is 0.583. The maximum absolute atomic E-state index is 5.50. The molecule has 1 aromatic heterocycles. The lowest BCUT2D eigenvalue weighted by atomic mass is 10.1. The molecule has 0 bridgehead atoms. The molecular weight excluding hydrogens is 216 g/mol. The molecule has 1 saturated heterocycles. The zero-order chi connectivity index (χ0) is 12.1. The SMILES string of the molecule is CCC1COCCN1Cc1ccnc(NN)c1. The van der Waals surface area contributed by atoms with E-state index in [9.17, 15) is 0 Å². The molecule has 1 aliphatic rings. The molecule has 1 atom stereocenters. The highest BCUT2D eigenvalue weighted by atomic mass is 16.5. The van der Waals surface area contributed by atoms with Gasteiger partial charge in [-0.15, -0.1) is 0 Å². The summed E-state index contributed by atoms with van der Waals surface area (Å²) in [6.45, 7) is 5.78. The highest BCUT2D eigenvalue weighted by Gasteiger charge is 2.21. The lowest BCUT2D eigenvalue weighted by molar-refractivity contribution is -0.0127. The number of nitrogens with one attached hydrogen (secondary N) is 1. The van der Waals surface area contributed by atoms with E-state index in [1.165, 1.54) is 5.56 Å². The Morgan fingerprint density at radius 3 is 3.29 bits per heavy atom. The number of hydrogen-bond acceptors (Lipinski definition) is 5. The number of nitrogen functional groups attached to an aromatic ring is 1. The van der Waals surface area contributed by atoms with Gasteiger partial charge in [-0.1, -0.05) is 6.92 Å². The van der Waals surface area contributed by atoms with Crippen molar-refractivity contribution in [1.82, 2.24) is 9.88 Å². The lowest BCUT2D eigenvalue weighted by Crippen LogP contribution is -2.44. The molecule has 1 aromatic rings. The van der Waals surface area contributed by atoms with Crippen LogP contribution in [-0.4, -0.2) is 35.7 Å². The van der Waals surface area contributed by atoms with Gasteiger partial charge in [-0.3, -0.25) is 4.90 Å². The van der Waals surface area contributed by atoms with Crippen LogP contribution in [-0.2, 0) is 11.3 Å². The third kappa shape index (κ3) is 3.15. The monoisotopic (exact) mass is 236 g/mol. The van der Waals surface area contributed by atoms with Crippen molar-refractivity contribution < 1.29 is 4.74 Å². The van der Waals surface area contributed by atoms with Gasteiger partial charge in [0.15, 0.2) is 0 Å². The van der Waals surface area contributed by atoms with Gasteiger partial charge in [-0.05, 0) is 24.1 Å². The zero-order valence-corrected chi connectivity index (χ0v) is 10.2. The smallest absolute Gasteiger partial charge is 0.140 e. The van der Waals surface area contributed by atoms with Crippen molar-refractivity contribution in [3.63, 3.8) is 0 Å². The second kappa shape index (κ2) is 5.95. The normalized spacial score (nSPS) is 21.4. The Balaban J connectivity index is 2.02. The average molecular weight is 236 g/mol. The third-order valence-electron chi connectivity index (χ3n) is 3.18. The van der Waals surface area contributed by atoms with Gasteiger partial charge in [0, 0.05) is 25.3 Å². The standard InChI is InChI=1S/C12H20N4O/c1-2-11-9-17-6-5-16(11)8-10-3-4-14-12(7-10)15-13/h3-4,7,11H,2,5-6,8-9,13H2,1H3,(H,14,15).